The molecule has 0 aliphatic heterocycles. The Morgan fingerprint density at radius 2 is 0.132 bits per heavy atom. The number of hydrogen-bond donors (Lipinski definition) is 0. The van der Waals surface area contributed by atoms with Crippen LogP contribution >= 0.6 is 0 Å². The molecule has 0 spiro atoms. The van der Waals surface area contributed by atoms with Gasteiger partial charge >= 0.3 is 21.1 Å². The van der Waals surface area contributed by atoms with Crippen LogP contribution in [-0.4, -0.2) is 12.3 Å². The van der Waals surface area contributed by atoms with Crippen molar-refractivity contribution in [1.82, 2.24) is 0 Å². The molecule has 0 saturated heterocycles. The van der Waals surface area contributed by atoms with E-state index in [0.717, 1.165) is 0 Å². The van der Waals surface area contributed by atoms with Crippen LogP contribution in [-0.2, 0) is 21.1 Å². The molecule has 0 atom stereocenters. The van der Waals surface area contributed by atoms with Crippen LogP contribution in [0.5, 0.6) is 0 Å². The molecule has 0 aliphatic rings. The summed E-state index contributed by atoms with van der Waals surface area (Å²) in [6.45, 7) is 0. The van der Waals surface area contributed by atoms with E-state index in [0.29, 0.717) is 0 Å². The molecule has 0 saturated carbocycles. The summed E-state index contributed by atoms with van der Waals surface area (Å²) in [6.07, 6.45) is -14.4. The first kappa shape index (κ1) is 71.8. The predicted molar refractivity (Wildman–Crippen MR) is 218 cm³/mol. The van der Waals surface area contributed by atoms with Gasteiger partial charge in [-0.05, 0) is 0 Å². The maximum absolute atomic E-state index is 15.4. The fourth-order valence-electron chi connectivity index (χ4n) is 9.75. The summed E-state index contributed by atoms with van der Waals surface area (Å²) < 4.78 is 588. The van der Waals surface area contributed by atoms with Gasteiger partial charge in [-0.1, -0.05) is 0 Å². The Labute approximate surface area is 484 Å². The van der Waals surface area contributed by atoms with Crippen molar-refractivity contribution in [2.24, 2.45) is 0 Å². The smallest absolute Gasteiger partial charge is 0.207 e. The summed E-state index contributed by atoms with van der Waals surface area (Å²) in [5.41, 5.74) is -28.7. The van der Waals surface area contributed by atoms with E-state index < -0.39 is 289 Å². The molecule has 0 bridgehead atoms. The molecule has 488 valence electrons. The maximum atomic E-state index is 15.4. The van der Waals surface area contributed by atoms with Crippen LogP contribution < -0.4 is 43.7 Å². The van der Waals surface area contributed by atoms with E-state index in [1.807, 2.05) is 0 Å². The predicted octanol–water partition coefficient (Wildman–Crippen LogP) is 11.7. The molecule has 43 heteroatoms. The second-order valence-electron chi connectivity index (χ2n) is 17.6. The molecular weight excluding hydrogens is 1550 g/mol. The minimum Gasteiger partial charge on any atom is -0.207 e. The number of benzene rings is 8. The van der Waals surface area contributed by atoms with Crippen molar-refractivity contribution in [2.75, 3.05) is 0 Å². The van der Waals surface area contributed by atoms with E-state index in [-0.39, 0.29) is 21.1 Å². The Kier molecular flexibility index (Phi) is 19.3. The van der Waals surface area contributed by atoms with Crippen molar-refractivity contribution in [3.63, 3.8) is 0 Å². The van der Waals surface area contributed by atoms with E-state index in [4.69, 9.17) is 0 Å². The average Bonchev–Trinajstić information content (AvgIpc) is 0.690. The minimum atomic E-state index is -7.22. The van der Waals surface area contributed by atoms with Gasteiger partial charge in [-0.15, -0.1) is 43.7 Å². The molecule has 0 amide bonds. The molecule has 8 rings (SSSR count). The average molecular weight is 1550 g/mol. The Hall–Kier alpha value is -8.22. The van der Waals surface area contributed by atoms with E-state index in [2.05, 4.69) is 0 Å². The molecule has 0 radical (unpaired) electrons. The second kappa shape index (κ2) is 24.4. The largest absolute Gasteiger partial charge is 2.00 e. The summed E-state index contributed by atoms with van der Waals surface area (Å²) in [4.78, 5) is 0. The van der Waals surface area contributed by atoms with E-state index in [1.54, 1.807) is 0 Å². The standard InChI is InChI=1S/2C24BF20.Pt/c2*26-5-1(6(27)14(35)21(42)13(5)34)25(2-7(28)15(36)22(43)16(37)8(2)29,3-9(30)17(38)23(44)18(39)10(3)31)4-11(32)19(40)24(45)20(41)12(4)33;/q2*-1;+2. The summed E-state index contributed by atoms with van der Waals surface area (Å²) >= 11 is 0. The van der Waals surface area contributed by atoms with Gasteiger partial charge < -0.3 is 0 Å². The third kappa shape index (κ3) is 9.69. The zero-order valence-electron chi connectivity index (χ0n) is 40.6. The van der Waals surface area contributed by atoms with Crippen LogP contribution in [0.15, 0.2) is 0 Å². The third-order valence-electron chi connectivity index (χ3n) is 13.4. The fourth-order valence-corrected chi connectivity index (χ4v) is 9.75. The summed E-state index contributed by atoms with van der Waals surface area (Å²) in [7, 11) is 0. The van der Waals surface area contributed by atoms with Gasteiger partial charge in [0.05, 0.1) is 0 Å². The quantitative estimate of drug-likeness (QED) is 0.0616. The van der Waals surface area contributed by atoms with Crippen LogP contribution in [0, 0.1) is 233 Å². The van der Waals surface area contributed by atoms with E-state index >= 15 is 70.2 Å². The first-order valence-corrected chi connectivity index (χ1v) is 21.9. The molecule has 0 aliphatic carbocycles. The van der Waals surface area contributed by atoms with E-state index in [9.17, 15) is 105 Å². The summed E-state index contributed by atoms with van der Waals surface area (Å²) in [6, 6.07) is 0. The van der Waals surface area contributed by atoms with Gasteiger partial charge in [-0.25, -0.2) is 176 Å². The Balaban J connectivity index is 0.000000286. The number of halogens is 40. The molecule has 8 aromatic rings. The van der Waals surface area contributed by atoms with Gasteiger partial charge in [0.25, 0.3) is 0 Å². The van der Waals surface area contributed by atoms with Gasteiger partial charge in [0.1, 0.15) is 105 Å². The molecule has 0 aromatic heterocycles. The van der Waals surface area contributed by atoms with Gasteiger partial charge in [0.2, 0.25) is 0 Å². The van der Waals surface area contributed by atoms with Crippen LogP contribution in [0.4, 0.5) is 176 Å². The molecule has 0 fully saturated rings. The fraction of sp³-hybridized carbons (Fsp3) is 0. The number of hydrogen-bond acceptors (Lipinski definition) is 0. The molecule has 0 unspecified atom stereocenters. The first-order valence-electron chi connectivity index (χ1n) is 21.9. The van der Waals surface area contributed by atoms with Crippen molar-refractivity contribution in [3.05, 3.63) is 233 Å². The maximum Gasteiger partial charge on any atom is 2.00 e. The van der Waals surface area contributed by atoms with E-state index in [1.165, 1.54) is 0 Å². The minimum absolute atomic E-state index is 0. The zero-order valence-corrected chi connectivity index (χ0v) is 42.9. The Morgan fingerprint density at radius 1 is 0.0879 bits per heavy atom. The number of rotatable bonds is 8. The molecule has 91 heavy (non-hydrogen) atoms. The Morgan fingerprint density at radius 3 is 0.187 bits per heavy atom. The molecule has 8 aromatic carbocycles. The summed E-state index contributed by atoms with van der Waals surface area (Å²) in [5.74, 6) is -143. The second-order valence-corrected chi connectivity index (χ2v) is 17.6. The summed E-state index contributed by atoms with van der Waals surface area (Å²) in [5, 5.41) is 0. The van der Waals surface area contributed by atoms with Crippen LogP contribution in [0.2, 0.25) is 0 Å². The molecule has 0 nitrogen and oxygen atoms in total. The zero-order chi connectivity index (χ0) is 68.7. The van der Waals surface area contributed by atoms with Gasteiger partial charge in [-0.3, -0.25) is 0 Å². The van der Waals surface area contributed by atoms with Crippen molar-refractivity contribution in [2.45, 2.75) is 0 Å². The third-order valence-corrected chi connectivity index (χ3v) is 13.4. The Bertz CT molecular complexity index is 3430. The van der Waals surface area contributed by atoms with Gasteiger partial charge in [-0.2, -0.15) is 0 Å². The van der Waals surface area contributed by atoms with Crippen LogP contribution in [0.1, 0.15) is 0 Å². The molecule has 0 N–H and O–H groups in total. The topological polar surface area (TPSA) is 0 Å². The first-order chi connectivity index (χ1) is 41.4. The van der Waals surface area contributed by atoms with Crippen LogP contribution in [0.3, 0.4) is 0 Å². The van der Waals surface area contributed by atoms with Crippen molar-refractivity contribution in [1.29, 1.82) is 0 Å². The molecular formula is C48B2F40Pt. The van der Waals surface area contributed by atoms with Gasteiger partial charge in [0, 0.05) is 0 Å². The molecule has 0 heterocycles. The van der Waals surface area contributed by atoms with Gasteiger partial charge in [0.15, 0.2) is 140 Å². The van der Waals surface area contributed by atoms with Crippen LogP contribution in [0.25, 0.3) is 0 Å². The SMILES string of the molecule is Fc1c(F)c(F)c([B-](c2c(F)c(F)c(F)c(F)c2F)(c2c(F)c(F)c(F)c(F)c2F)c2c(F)c(F)c(F)c(F)c2F)c(F)c1F.Fc1c(F)c(F)c([B-](c2c(F)c(F)c(F)c(F)c2F)(c2c(F)c(F)c(F)c(F)c2F)c2c(F)c(F)c(F)c(F)c2F)c(F)c1F.[Pt+2]. The van der Waals surface area contributed by atoms with Crippen molar-refractivity contribution in [3.8, 4) is 0 Å². The normalized spacial score (nSPS) is 11.9. The van der Waals surface area contributed by atoms with Crippen molar-refractivity contribution < 1.29 is 197 Å². The van der Waals surface area contributed by atoms with Crippen molar-refractivity contribution >= 4 is 56.0 Å². The monoisotopic (exact) mass is 1550 g/mol.